The predicted octanol–water partition coefficient (Wildman–Crippen LogP) is 2.05. The van der Waals surface area contributed by atoms with Crippen molar-refractivity contribution in [2.75, 3.05) is 19.7 Å². The van der Waals surface area contributed by atoms with Crippen LogP contribution in [0.15, 0.2) is 35.5 Å². The van der Waals surface area contributed by atoms with Gasteiger partial charge in [0.25, 0.3) is 5.96 Å². The van der Waals surface area contributed by atoms with E-state index in [0.29, 0.717) is 18.7 Å². The van der Waals surface area contributed by atoms with Gasteiger partial charge in [0, 0.05) is 12.7 Å². The molecule has 0 bridgehead atoms. The standard InChI is InChI=1S/C13H13F3N4O3/c14-13(15,16)9-23-11-3-1-10(2-4-11)5-7-19-8-6-17-12(19)18-20(21)22/h1-5,7H,6,8-9H2,(H,17,18). The van der Waals surface area contributed by atoms with Crippen LogP contribution in [0.25, 0.3) is 6.08 Å². The minimum Gasteiger partial charge on any atom is -0.484 e. The van der Waals surface area contributed by atoms with Gasteiger partial charge in [-0.1, -0.05) is 17.6 Å². The van der Waals surface area contributed by atoms with Gasteiger partial charge in [-0.05, 0) is 23.8 Å². The summed E-state index contributed by atoms with van der Waals surface area (Å²) in [6.07, 6.45) is -1.11. The Hall–Kier alpha value is -2.78. The number of halogens is 3. The molecule has 10 heteroatoms. The lowest BCUT2D eigenvalue weighted by Gasteiger charge is -2.12. The van der Waals surface area contributed by atoms with Crippen LogP contribution in [0.5, 0.6) is 5.75 Å². The molecule has 0 saturated carbocycles. The highest BCUT2D eigenvalue weighted by Crippen LogP contribution is 2.19. The first-order valence-corrected chi connectivity index (χ1v) is 6.53. The van der Waals surface area contributed by atoms with Gasteiger partial charge in [0.1, 0.15) is 5.75 Å². The summed E-state index contributed by atoms with van der Waals surface area (Å²) < 4.78 is 40.7. The van der Waals surface area contributed by atoms with Crippen LogP contribution in [0.4, 0.5) is 13.2 Å². The van der Waals surface area contributed by atoms with Gasteiger partial charge in [0.05, 0.1) is 6.54 Å². The van der Waals surface area contributed by atoms with Crippen molar-refractivity contribution in [3.05, 3.63) is 46.1 Å². The van der Waals surface area contributed by atoms with Crippen LogP contribution >= 0.6 is 0 Å². The topological polar surface area (TPSA) is 80.0 Å². The monoisotopic (exact) mass is 330 g/mol. The fraction of sp³-hybridized carbons (Fsp3) is 0.308. The number of hydrazine groups is 1. The van der Waals surface area contributed by atoms with Crippen LogP contribution in [0.1, 0.15) is 5.56 Å². The highest BCUT2D eigenvalue weighted by Gasteiger charge is 2.28. The van der Waals surface area contributed by atoms with Crippen molar-refractivity contribution in [3.63, 3.8) is 0 Å². The van der Waals surface area contributed by atoms with Gasteiger partial charge in [-0.15, -0.1) is 0 Å². The molecule has 1 aliphatic heterocycles. The maximum atomic E-state index is 12.0. The van der Waals surface area contributed by atoms with Crippen LogP contribution in [-0.2, 0) is 0 Å². The van der Waals surface area contributed by atoms with E-state index in [4.69, 9.17) is 0 Å². The Morgan fingerprint density at radius 3 is 2.70 bits per heavy atom. The molecular weight excluding hydrogens is 317 g/mol. The quantitative estimate of drug-likeness (QED) is 0.660. The van der Waals surface area contributed by atoms with Crippen LogP contribution in [0.2, 0.25) is 0 Å². The molecule has 0 radical (unpaired) electrons. The number of nitro groups is 1. The third-order valence-electron chi connectivity index (χ3n) is 2.80. The van der Waals surface area contributed by atoms with Crippen LogP contribution < -0.4 is 10.2 Å². The number of guanidine groups is 1. The Balaban J connectivity index is 1.93. The minimum absolute atomic E-state index is 0.109. The fourth-order valence-corrected chi connectivity index (χ4v) is 1.80. The zero-order valence-corrected chi connectivity index (χ0v) is 11.8. The van der Waals surface area contributed by atoms with E-state index >= 15 is 0 Å². The number of rotatable bonds is 5. The number of hydrogen-bond donors (Lipinski definition) is 1. The summed E-state index contributed by atoms with van der Waals surface area (Å²) in [4.78, 5) is 15.9. The molecule has 2 rings (SSSR count). The predicted molar refractivity (Wildman–Crippen MR) is 76.2 cm³/mol. The summed E-state index contributed by atoms with van der Waals surface area (Å²) in [5.41, 5.74) is 2.69. The molecule has 1 aliphatic rings. The molecule has 0 fully saturated rings. The zero-order chi connectivity index (χ0) is 16.9. The molecule has 1 aromatic carbocycles. The summed E-state index contributed by atoms with van der Waals surface area (Å²) in [6.45, 7) is -0.410. The zero-order valence-electron chi connectivity index (χ0n) is 11.8. The van der Waals surface area contributed by atoms with Crippen LogP contribution in [0.3, 0.4) is 0 Å². The van der Waals surface area contributed by atoms with Gasteiger partial charge in [0.15, 0.2) is 11.6 Å². The van der Waals surface area contributed by atoms with Crippen molar-refractivity contribution in [2.45, 2.75) is 6.18 Å². The number of ether oxygens (including phenoxy) is 1. The molecule has 1 N–H and O–H groups in total. The number of aliphatic imine (C=N–C) groups is 1. The normalized spacial score (nSPS) is 14.9. The second-order valence-electron chi connectivity index (χ2n) is 4.56. The molecule has 1 heterocycles. The molecule has 0 unspecified atom stereocenters. The molecule has 0 atom stereocenters. The Morgan fingerprint density at radius 1 is 1.39 bits per heavy atom. The van der Waals surface area contributed by atoms with Crippen LogP contribution in [0, 0.1) is 10.1 Å². The Morgan fingerprint density at radius 2 is 2.09 bits per heavy atom. The van der Waals surface area contributed by atoms with Crippen molar-refractivity contribution in [1.82, 2.24) is 10.3 Å². The fourth-order valence-electron chi connectivity index (χ4n) is 1.80. The summed E-state index contributed by atoms with van der Waals surface area (Å²) in [5.74, 6) is 0.245. The first kappa shape index (κ1) is 16.6. The van der Waals surface area contributed by atoms with Crippen LogP contribution in [-0.4, -0.2) is 41.8 Å². The third-order valence-corrected chi connectivity index (χ3v) is 2.80. The number of hydrogen-bond acceptors (Lipinski definition) is 5. The lowest BCUT2D eigenvalue weighted by atomic mass is 10.2. The van der Waals surface area contributed by atoms with E-state index < -0.39 is 17.8 Å². The van der Waals surface area contributed by atoms with E-state index in [9.17, 15) is 23.3 Å². The SMILES string of the molecule is O=[N+]([O-])NC1=NCCN1C=Cc1ccc(OCC(F)(F)F)cc1. The average Bonchev–Trinajstić information content (AvgIpc) is 2.89. The minimum atomic E-state index is -4.38. The smallest absolute Gasteiger partial charge is 0.422 e. The summed E-state index contributed by atoms with van der Waals surface area (Å²) >= 11 is 0. The molecule has 7 nitrogen and oxygen atoms in total. The van der Waals surface area contributed by atoms with E-state index in [1.54, 1.807) is 29.3 Å². The largest absolute Gasteiger partial charge is 0.484 e. The Labute approximate surface area is 129 Å². The molecule has 0 aromatic heterocycles. The lowest BCUT2D eigenvalue weighted by Crippen LogP contribution is -2.38. The first-order valence-electron chi connectivity index (χ1n) is 6.53. The molecule has 0 amide bonds. The van der Waals surface area contributed by atoms with E-state index in [1.807, 2.05) is 5.43 Å². The molecule has 0 spiro atoms. The van der Waals surface area contributed by atoms with Gasteiger partial charge < -0.3 is 9.64 Å². The molecular formula is C13H13F3N4O3. The Kier molecular flexibility index (Phi) is 5.04. The van der Waals surface area contributed by atoms with Gasteiger partial charge in [-0.3, -0.25) is 0 Å². The lowest BCUT2D eigenvalue weighted by molar-refractivity contribution is -0.526. The molecule has 23 heavy (non-hydrogen) atoms. The van der Waals surface area contributed by atoms with Crippen molar-refractivity contribution in [1.29, 1.82) is 0 Å². The van der Waals surface area contributed by atoms with Gasteiger partial charge in [-0.2, -0.15) is 13.2 Å². The van der Waals surface area contributed by atoms with Crippen molar-refractivity contribution >= 4 is 12.0 Å². The number of alkyl halides is 3. The van der Waals surface area contributed by atoms with Gasteiger partial charge in [0.2, 0.25) is 0 Å². The molecule has 0 saturated heterocycles. The average molecular weight is 330 g/mol. The van der Waals surface area contributed by atoms with Crippen molar-refractivity contribution in [2.24, 2.45) is 4.99 Å². The van der Waals surface area contributed by atoms with E-state index in [1.165, 1.54) is 12.1 Å². The summed E-state index contributed by atoms with van der Waals surface area (Å²) in [6, 6.07) is 5.99. The van der Waals surface area contributed by atoms with E-state index in [2.05, 4.69) is 9.73 Å². The maximum absolute atomic E-state index is 12.0. The van der Waals surface area contributed by atoms with Crippen molar-refractivity contribution in [3.8, 4) is 5.75 Å². The van der Waals surface area contributed by atoms with Crippen molar-refractivity contribution < 1.29 is 22.9 Å². The number of benzene rings is 1. The second-order valence-corrected chi connectivity index (χ2v) is 4.56. The van der Waals surface area contributed by atoms with Gasteiger partial charge >= 0.3 is 6.18 Å². The van der Waals surface area contributed by atoms with E-state index in [0.717, 1.165) is 0 Å². The third kappa shape index (κ3) is 5.49. The van der Waals surface area contributed by atoms with E-state index in [-0.39, 0.29) is 11.7 Å². The van der Waals surface area contributed by atoms with Gasteiger partial charge in [-0.25, -0.2) is 15.1 Å². The Bertz CT molecular complexity index is 614. The molecule has 124 valence electrons. The highest BCUT2D eigenvalue weighted by atomic mass is 19.4. The molecule has 1 aromatic rings. The second kappa shape index (κ2) is 6.99. The first-order chi connectivity index (χ1) is 10.8. The summed E-state index contributed by atoms with van der Waals surface area (Å²) in [5, 5.41) is 9.72. The number of nitrogens with one attached hydrogen (secondary N) is 1. The molecule has 0 aliphatic carbocycles. The highest BCUT2D eigenvalue weighted by molar-refractivity contribution is 5.82. The summed E-state index contributed by atoms with van der Waals surface area (Å²) in [7, 11) is 0. The maximum Gasteiger partial charge on any atom is 0.422 e. The number of nitrogens with zero attached hydrogens (tertiary/aromatic N) is 3.